The van der Waals surface area contributed by atoms with E-state index in [0.29, 0.717) is 5.02 Å². The first kappa shape index (κ1) is 19.4. The van der Waals surface area contributed by atoms with Gasteiger partial charge in [0.1, 0.15) is 0 Å². The van der Waals surface area contributed by atoms with Gasteiger partial charge in [0.25, 0.3) is 0 Å². The highest BCUT2D eigenvalue weighted by atomic mass is 127. The second-order valence-corrected chi connectivity index (χ2v) is 7.04. The summed E-state index contributed by atoms with van der Waals surface area (Å²) < 4.78 is 1.10. The summed E-state index contributed by atoms with van der Waals surface area (Å²) in [5.41, 5.74) is 4.91. The number of carbonyl (C=O) groups excluding carboxylic acids is 2. The van der Waals surface area contributed by atoms with Crippen LogP contribution in [0, 0.1) is 10.5 Å². The molecule has 2 aromatic rings. The van der Waals surface area contributed by atoms with Gasteiger partial charge in [-0.05, 0) is 71.0 Å². The summed E-state index contributed by atoms with van der Waals surface area (Å²) in [7, 11) is 0. The number of hydrogen-bond donors (Lipinski definition) is 2. The molecule has 2 aromatic carbocycles. The molecule has 0 aliphatic heterocycles. The number of nitrogens with one attached hydrogen (secondary N) is 2. The highest BCUT2D eigenvalue weighted by Crippen LogP contribution is 2.18. The first-order valence-electron chi connectivity index (χ1n) is 7.57. The molecule has 0 saturated carbocycles. The number of carbonyl (C=O) groups is 2. The number of hydrogen-bond acceptors (Lipinski definition) is 3. The molecule has 7 heteroatoms. The molecule has 0 unspecified atom stereocenters. The van der Waals surface area contributed by atoms with E-state index in [1.54, 1.807) is 18.2 Å². The van der Waals surface area contributed by atoms with Gasteiger partial charge in [-0.3, -0.25) is 9.59 Å². The molecule has 0 heterocycles. The molecule has 130 valence electrons. The fourth-order valence-corrected chi connectivity index (χ4v) is 2.87. The van der Waals surface area contributed by atoms with Crippen molar-refractivity contribution in [3.8, 4) is 0 Å². The van der Waals surface area contributed by atoms with Crippen molar-refractivity contribution in [1.29, 1.82) is 0 Å². The van der Waals surface area contributed by atoms with Gasteiger partial charge in [0.05, 0.1) is 6.21 Å². The fraction of sp³-hybridized carbons (Fsp3) is 0.167. The summed E-state index contributed by atoms with van der Waals surface area (Å²) in [5, 5.41) is 7.25. The molecular weight excluding hydrogens is 453 g/mol. The van der Waals surface area contributed by atoms with Crippen molar-refractivity contribution in [2.45, 2.75) is 19.8 Å². The van der Waals surface area contributed by atoms with Crippen molar-refractivity contribution in [3.63, 3.8) is 0 Å². The average molecular weight is 470 g/mol. The third kappa shape index (κ3) is 6.83. The van der Waals surface area contributed by atoms with Crippen molar-refractivity contribution in [1.82, 2.24) is 5.43 Å². The topological polar surface area (TPSA) is 70.6 Å². The van der Waals surface area contributed by atoms with Crippen molar-refractivity contribution in [2.75, 3.05) is 5.32 Å². The Morgan fingerprint density at radius 1 is 1.16 bits per heavy atom. The van der Waals surface area contributed by atoms with Gasteiger partial charge < -0.3 is 5.32 Å². The van der Waals surface area contributed by atoms with Crippen LogP contribution in [0.25, 0.3) is 0 Å². The lowest BCUT2D eigenvalue weighted by atomic mass is 10.2. The lowest BCUT2D eigenvalue weighted by Crippen LogP contribution is -2.20. The van der Waals surface area contributed by atoms with Crippen LogP contribution >= 0.6 is 34.2 Å². The minimum absolute atomic E-state index is 0.0577. The number of hydrazone groups is 1. The molecule has 0 fully saturated rings. The van der Waals surface area contributed by atoms with Crippen LogP contribution in [0.1, 0.15) is 24.0 Å². The standard InChI is InChI=1S/C18H17ClIN3O2/c1-12-9-15(20)5-6-16(12)22-17(24)7-8-18(25)23-21-11-13-3-2-4-14(19)10-13/h2-6,9-11H,7-8H2,1H3,(H,22,24)(H,23,25)/b21-11-. The van der Waals surface area contributed by atoms with E-state index in [-0.39, 0.29) is 24.7 Å². The number of rotatable bonds is 6. The van der Waals surface area contributed by atoms with E-state index in [4.69, 9.17) is 11.6 Å². The molecule has 0 saturated heterocycles. The Bertz CT molecular complexity index is 809. The van der Waals surface area contributed by atoms with Crippen LogP contribution in [-0.4, -0.2) is 18.0 Å². The number of halogens is 2. The van der Waals surface area contributed by atoms with E-state index >= 15 is 0 Å². The van der Waals surface area contributed by atoms with Gasteiger partial charge in [-0.25, -0.2) is 5.43 Å². The average Bonchev–Trinajstić information content (AvgIpc) is 2.56. The van der Waals surface area contributed by atoms with Crippen molar-refractivity contribution in [3.05, 3.63) is 62.2 Å². The zero-order chi connectivity index (χ0) is 18.2. The SMILES string of the molecule is Cc1cc(I)ccc1NC(=O)CCC(=O)N/N=C\c1cccc(Cl)c1. The van der Waals surface area contributed by atoms with Crippen LogP contribution < -0.4 is 10.7 Å². The third-order valence-corrected chi connectivity index (χ3v) is 4.20. The van der Waals surface area contributed by atoms with Crippen molar-refractivity contribution < 1.29 is 9.59 Å². The number of nitrogens with zero attached hydrogens (tertiary/aromatic N) is 1. The summed E-state index contributed by atoms with van der Waals surface area (Å²) in [5.74, 6) is -0.536. The first-order valence-corrected chi connectivity index (χ1v) is 9.03. The molecule has 2 amide bonds. The Hall–Kier alpha value is -1.93. The second kappa shape index (κ2) is 9.53. The lowest BCUT2D eigenvalue weighted by molar-refractivity contribution is -0.124. The third-order valence-electron chi connectivity index (χ3n) is 3.29. The molecule has 0 atom stereocenters. The van der Waals surface area contributed by atoms with Gasteiger partial charge in [0.2, 0.25) is 11.8 Å². The van der Waals surface area contributed by atoms with E-state index in [1.807, 2.05) is 31.2 Å². The normalized spacial score (nSPS) is 10.7. The molecule has 0 aromatic heterocycles. The quantitative estimate of drug-likeness (QED) is 0.379. The molecule has 0 radical (unpaired) electrons. The van der Waals surface area contributed by atoms with Crippen molar-refractivity contribution >= 4 is 57.9 Å². The maximum Gasteiger partial charge on any atom is 0.240 e. The smallest absolute Gasteiger partial charge is 0.240 e. The maximum absolute atomic E-state index is 11.9. The van der Waals surface area contributed by atoms with Crippen molar-refractivity contribution in [2.24, 2.45) is 5.10 Å². The number of amides is 2. The first-order chi connectivity index (χ1) is 11.9. The van der Waals surface area contributed by atoms with Gasteiger partial charge in [0, 0.05) is 27.1 Å². The highest BCUT2D eigenvalue weighted by Gasteiger charge is 2.08. The summed E-state index contributed by atoms with van der Waals surface area (Å²) in [6.45, 7) is 1.93. The van der Waals surface area contributed by atoms with Gasteiger partial charge in [-0.15, -0.1) is 0 Å². The van der Waals surface area contributed by atoms with Crippen LogP contribution in [0.3, 0.4) is 0 Å². The Morgan fingerprint density at radius 2 is 1.92 bits per heavy atom. The molecule has 2 N–H and O–H groups in total. The Labute approximate surface area is 165 Å². The largest absolute Gasteiger partial charge is 0.326 e. The number of aryl methyl sites for hydroxylation is 1. The molecule has 2 rings (SSSR count). The Morgan fingerprint density at radius 3 is 2.64 bits per heavy atom. The number of anilines is 1. The van der Waals surface area contributed by atoms with Gasteiger partial charge in [-0.2, -0.15) is 5.10 Å². The van der Waals surface area contributed by atoms with Gasteiger partial charge in [-0.1, -0.05) is 23.7 Å². The molecule has 5 nitrogen and oxygen atoms in total. The predicted molar refractivity (Wildman–Crippen MR) is 109 cm³/mol. The zero-order valence-corrected chi connectivity index (χ0v) is 16.5. The van der Waals surface area contributed by atoms with E-state index < -0.39 is 0 Å². The number of benzene rings is 2. The van der Waals surface area contributed by atoms with E-state index in [0.717, 1.165) is 20.4 Å². The van der Waals surface area contributed by atoms with Crippen LogP contribution in [0.5, 0.6) is 0 Å². The van der Waals surface area contributed by atoms with Crippen LogP contribution in [0.15, 0.2) is 47.6 Å². The lowest BCUT2D eigenvalue weighted by Gasteiger charge is -2.08. The molecule has 25 heavy (non-hydrogen) atoms. The zero-order valence-electron chi connectivity index (χ0n) is 13.6. The fourth-order valence-electron chi connectivity index (χ4n) is 2.03. The monoisotopic (exact) mass is 469 g/mol. The second-order valence-electron chi connectivity index (χ2n) is 5.36. The van der Waals surface area contributed by atoms with E-state index in [1.165, 1.54) is 6.21 Å². The highest BCUT2D eigenvalue weighted by molar-refractivity contribution is 14.1. The molecule has 0 spiro atoms. The van der Waals surface area contributed by atoms with E-state index in [2.05, 4.69) is 38.4 Å². The van der Waals surface area contributed by atoms with Gasteiger partial charge >= 0.3 is 0 Å². The van der Waals surface area contributed by atoms with Crippen LogP contribution in [0.4, 0.5) is 5.69 Å². The molecular formula is C18H17ClIN3O2. The van der Waals surface area contributed by atoms with Crippen LogP contribution in [-0.2, 0) is 9.59 Å². The van der Waals surface area contributed by atoms with Gasteiger partial charge in [0.15, 0.2) is 0 Å². The minimum Gasteiger partial charge on any atom is -0.326 e. The Kier molecular flexibility index (Phi) is 7.39. The summed E-state index contributed by atoms with van der Waals surface area (Å²) >= 11 is 8.08. The summed E-state index contributed by atoms with van der Waals surface area (Å²) in [6.07, 6.45) is 1.64. The summed E-state index contributed by atoms with van der Waals surface area (Å²) in [6, 6.07) is 12.8. The maximum atomic E-state index is 11.9. The van der Waals surface area contributed by atoms with E-state index in [9.17, 15) is 9.59 Å². The molecule has 0 aliphatic rings. The molecule has 0 aliphatic carbocycles. The predicted octanol–water partition coefficient (Wildman–Crippen LogP) is 4.12. The molecule has 0 bridgehead atoms. The minimum atomic E-state index is -0.326. The summed E-state index contributed by atoms with van der Waals surface area (Å²) in [4.78, 5) is 23.7. The van der Waals surface area contributed by atoms with Crippen LogP contribution in [0.2, 0.25) is 5.02 Å². The Balaban J connectivity index is 1.76.